The second-order valence-corrected chi connectivity index (χ2v) is 32.3. The number of carbonyl (C=O) groups excluding carboxylic acids is 10. The van der Waals surface area contributed by atoms with Crippen LogP contribution in [-0.2, 0) is 77.2 Å². The van der Waals surface area contributed by atoms with Gasteiger partial charge in [0.2, 0.25) is 0 Å². The molecule has 0 unspecified atom stereocenters. The molecule has 4 aliphatic rings. The van der Waals surface area contributed by atoms with E-state index in [1.807, 2.05) is 0 Å². The van der Waals surface area contributed by atoms with Crippen LogP contribution in [0.3, 0.4) is 0 Å². The number of aliphatic carboxylic acids is 4. The number of amides is 8. The van der Waals surface area contributed by atoms with Crippen molar-refractivity contribution in [3.63, 3.8) is 0 Å². The number of esters is 2. The summed E-state index contributed by atoms with van der Waals surface area (Å²) in [6.45, 7) is 26.5. The molecule has 2 radical (unpaired) electrons. The van der Waals surface area contributed by atoms with Crippen LogP contribution in [0, 0.1) is 21.7 Å². The number of hydrogen-bond acceptors (Lipinski definition) is 16. The van der Waals surface area contributed by atoms with Crippen molar-refractivity contribution < 1.29 is 136 Å². The van der Waals surface area contributed by atoms with Gasteiger partial charge in [-0.15, -0.1) is 0 Å². The van der Waals surface area contributed by atoms with Gasteiger partial charge < -0.3 is 29.9 Å². The van der Waals surface area contributed by atoms with Gasteiger partial charge in [-0.25, -0.2) is 19.2 Å². The fourth-order valence-electron chi connectivity index (χ4n) is 10.3. The molecule has 0 fully saturated rings. The van der Waals surface area contributed by atoms with Crippen LogP contribution in [0.25, 0.3) is 0 Å². The van der Waals surface area contributed by atoms with E-state index < -0.39 is 117 Å². The maximum Gasteiger partial charge on any atom is 0.327 e. The maximum absolute atomic E-state index is 12.6. The molecule has 4 aliphatic heterocycles. The number of nitrogens with zero attached hydrogens (tertiary/aromatic N) is 4. The van der Waals surface area contributed by atoms with Gasteiger partial charge >= 0.3 is 35.8 Å². The smallest absolute Gasteiger partial charge is 0.327 e. The van der Waals surface area contributed by atoms with Crippen molar-refractivity contribution in [1.29, 1.82) is 0 Å². The standard InChI is InChI=1S/4C14H11Cl4NO4.2C4H8O2.2Rh/c4*1-14(2,3)10(13(22)23)19-11(20)4-5(12(19)21)7(16)9(18)8(17)6(4)15;2*1-3-6-4(2)5;;/h4*10H,1-3H3,(H,22,23);2*3H2,1-2H3;;/t4*10-;;;;/m1111..../s1. The van der Waals surface area contributed by atoms with E-state index in [1.54, 1.807) is 96.9 Å². The third-order valence-corrected chi connectivity index (χ3v) is 21.7. The summed E-state index contributed by atoms with van der Waals surface area (Å²) in [5, 5.41) is 34.7. The van der Waals surface area contributed by atoms with Crippen molar-refractivity contribution in [2.45, 2.75) is 135 Å². The first-order valence-electron chi connectivity index (χ1n) is 29.3. The van der Waals surface area contributed by atoms with E-state index >= 15 is 0 Å². The predicted octanol–water partition coefficient (Wildman–Crippen LogP) is 18.7. The zero-order chi connectivity index (χ0) is 81.4. The van der Waals surface area contributed by atoms with Gasteiger partial charge in [-0.3, -0.25) is 67.5 Å². The van der Waals surface area contributed by atoms with Gasteiger partial charge in [0.05, 0.1) is 138 Å². The quantitative estimate of drug-likeness (QED) is 0.0377. The van der Waals surface area contributed by atoms with E-state index in [2.05, 4.69) is 9.47 Å². The van der Waals surface area contributed by atoms with Crippen molar-refractivity contribution in [3.8, 4) is 0 Å². The fraction of sp³-hybridized carbons (Fsp3) is 0.406. The molecular weight excluding hydrogens is 1920 g/mol. The summed E-state index contributed by atoms with van der Waals surface area (Å²) in [7, 11) is 0. The Morgan fingerprint density at radius 2 is 0.377 bits per heavy atom. The third kappa shape index (κ3) is 20.7. The Balaban J connectivity index is 0.000000666. The normalized spacial score (nSPS) is 14.6. The number of hydrogen-bond donors (Lipinski definition) is 4. The molecule has 42 heteroatoms. The summed E-state index contributed by atoms with van der Waals surface area (Å²) >= 11 is 95.4. The fourth-order valence-corrected chi connectivity index (χ4v) is 14.3. The number of imide groups is 4. The van der Waals surface area contributed by atoms with Crippen LogP contribution in [0.1, 0.15) is 194 Å². The van der Waals surface area contributed by atoms with Gasteiger partial charge in [0.1, 0.15) is 24.2 Å². The van der Waals surface area contributed by atoms with E-state index in [9.17, 15) is 87.5 Å². The van der Waals surface area contributed by atoms with E-state index in [0.717, 1.165) is 0 Å². The predicted molar refractivity (Wildman–Crippen MR) is 396 cm³/mol. The molecule has 0 bridgehead atoms. The summed E-state index contributed by atoms with van der Waals surface area (Å²) in [6.07, 6.45) is 0. The Hall–Kier alpha value is -3.85. The monoisotopic (exact) mass is 1970 g/mol. The first-order valence-corrected chi connectivity index (χ1v) is 35.4. The number of ether oxygens (including phenoxy) is 2. The Morgan fingerprint density at radius 3 is 0.434 bits per heavy atom. The molecule has 4 heterocycles. The van der Waals surface area contributed by atoms with Crippen molar-refractivity contribution >= 4 is 269 Å². The molecule has 106 heavy (non-hydrogen) atoms. The molecule has 4 N–H and O–H groups in total. The van der Waals surface area contributed by atoms with Gasteiger partial charge in [0.25, 0.3) is 47.3 Å². The third-order valence-electron chi connectivity index (χ3n) is 14.5. The van der Waals surface area contributed by atoms with Crippen LogP contribution < -0.4 is 0 Å². The van der Waals surface area contributed by atoms with Crippen LogP contribution in [-0.4, -0.2) is 160 Å². The van der Waals surface area contributed by atoms with Gasteiger partial charge in [0, 0.05) is 52.8 Å². The molecule has 0 aromatic heterocycles. The largest absolute Gasteiger partial charge is 0.480 e. The molecule has 0 aliphatic carbocycles. The molecule has 8 amide bonds. The van der Waals surface area contributed by atoms with Crippen LogP contribution in [0.15, 0.2) is 0 Å². The van der Waals surface area contributed by atoms with Gasteiger partial charge in [-0.2, -0.15) is 0 Å². The van der Waals surface area contributed by atoms with Crippen LogP contribution in [0.2, 0.25) is 80.4 Å². The second-order valence-electron chi connectivity index (χ2n) is 26.2. The van der Waals surface area contributed by atoms with Gasteiger partial charge in [0.15, 0.2) is 0 Å². The molecule has 8 rings (SSSR count). The van der Waals surface area contributed by atoms with E-state index in [1.165, 1.54) is 13.8 Å². The summed E-state index contributed by atoms with van der Waals surface area (Å²) < 4.78 is 8.81. The summed E-state index contributed by atoms with van der Waals surface area (Å²) in [5.74, 6) is -12.6. The van der Waals surface area contributed by atoms with Crippen LogP contribution in [0.4, 0.5) is 0 Å². The Morgan fingerprint density at radius 1 is 0.274 bits per heavy atom. The average Bonchev–Trinajstić information content (AvgIpc) is 1.60. The minimum absolute atomic E-state index is 0. The summed E-state index contributed by atoms with van der Waals surface area (Å²) in [5.41, 5.74) is -5.48. The maximum atomic E-state index is 12.6. The number of halogens is 16. The SMILES string of the molecule is CC(C)(C)[C@@H](C(=O)O)N1C(=O)c2c(Cl)c(Cl)c(Cl)c(Cl)c2C1=O.CC(C)(C)[C@@H](C(=O)O)N1C(=O)c2c(Cl)c(Cl)c(Cl)c(Cl)c2C1=O.CC(C)(C)[C@@H](C(=O)O)N1C(=O)c2c(Cl)c(Cl)c(Cl)c(Cl)c2C1=O.CC(C)(C)[C@@H](C(=O)O)N1C(=O)c2c(Cl)c(Cl)c(Cl)c(Cl)c2C1=O.CCOC(C)=O.CCOC(C)=O.[Rh].[Rh]. The van der Waals surface area contributed by atoms with E-state index in [4.69, 9.17) is 186 Å². The minimum Gasteiger partial charge on any atom is -0.480 e. The number of carboxylic acid groups (broad SMARTS) is 4. The number of carbonyl (C=O) groups is 14. The molecule has 24 nitrogen and oxygen atoms in total. The zero-order valence-electron chi connectivity index (χ0n) is 57.5. The first kappa shape index (κ1) is 100. The van der Waals surface area contributed by atoms with Crippen molar-refractivity contribution in [1.82, 2.24) is 19.6 Å². The number of fused-ring (bicyclic) bond motifs is 4. The molecule has 4 aromatic rings. The Labute approximate surface area is 712 Å². The van der Waals surface area contributed by atoms with Gasteiger partial charge in [-0.05, 0) is 35.5 Å². The topological polar surface area (TPSA) is 351 Å². The molecule has 0 saturated heterocycles. The van der Waals surface area contributed by atoms with E-state index in [0.29, 0.717) is 32.8 Å². The number of benzene rings is 4. The number of rotatable bonds is 10. The van der Waals surface area contributed by atoms with Crippen molar-refractivity contribution in [2.75, 3.05) is 13.2 Å². The zero-order valence-corrected chi connectivity index (χ0v) is 72.9. The molecule has 0 saturated carbocycles. The molecule has 586 valence electrons. The minimum atomic E-state index is -1.40. The second kappa shape index (κ2) is 38.6. The molecule has 4 aromatic carbocycles. The van der Waals surface area contributed by atoms with Crippen molar-refractivity contribution in [3.05, 3.63) is 125 Å². The Kier molecular flexibility index (Phi) is 36.5. The number of carboxylic acids is 4. The molecule has 4 atom stereocenters. The van der Waals surface area contributed by atoms with Crippen LogP contribution >= 0.6 is 186 Å². The molecular formula is C64H60Cl16N4O20Rh2. The van der Waals surface area contributed by atoms with E-state index in [-0.39, 0.29) is 176 Å². The molecule has 0 spiro atoms. The summed E-state index contributed by atoms with van der Waals surface area (Å²) in [6, 6.07) is -5.61. The first-order chi connectivity index (χ1) is 47.2. The van der Waals surface area contributed by atoms with Gasteiger partial charge in [-0.1, -0.05) is 269 Å². The Bertz CT molecular complexity index is 3650. The van der Waals surface area contributed by atoms with Crippen LogP contribution in [0.5, 0.6) is 0 Å². The summed E-state index contributed by atoms with van der Waals surface area (Å²) in [4.78, 5) is 170. The van der Waals surface area contributed by atoms with Crippen molar-refractivity contribution in [2.24, 2.45) is 21.7 Å². The average molecular weight is 1980 g/mol.